The number of ether oxygens (including phenoxy) is 2. The molecule has 40 heavy (non-hydrogen) atoms. The van der Waals surface area contributed by atoms with E-state index in [1.807, 2.05) is 98.8 Å². The van der Waals surface area contributed by atoms with Crippen LogP contribution in [-0.4, -0.2) is 48.6 Å². The fourth-order valence-electron chi connectivity index (χ4n) is 4.17. The van der Waals surface area contributed by atoms with Crippen LogP contribution in [0.25, 0.3) is 16.7 Å². The second-order valence-electron chi connectivity index (χ2n) is 9.84. The maximum atomic E-state index is 13.4. The minimum atomic E-state index is -1.13. The van der Waals surface area contributed by atoms with Crippen LogP contribution >= 0.6 is 0 Å². The van der Waals surface area contributed by atoms with Crippen molar-refractivity contribution in [3.63, 3.8) is 0 Å². The minimum absolute atomic E-state index is 0.0546. The van der Waals surface area contributed by atoms with Crippen molar-refractivity contribution >= 4 is 23.5 Å². The fourth-order valence-corrected chi connectivity index (χ4v) is 4.17. The van der Waals surface area contributed by atoms with Gasteiger partial charge in [0, 0.05) is 13.1 Å². The number of amides is 2. The van der Waals surface area contributed by atoms with Gasteiger partial charge in [0.05, 0.1) is 13.0 Å². The lowest BCUT2D eigenvalue weighted by Crippen LogP contribution is -2.50. The normalized spacial score (nSPS) is 11.4. The first-order valence-corrected chi connectivity index (χ1v) is 13.5. The van der Waals surface area contributed by atoms with Crippen molar-refractivity contribution in [1.29, 1.82) is 0 Å². The van der Waals surface area contributed by atoms with Crippen molar-refractivity contribution in [3.8, 4) is 11.1 Å². The van der Waals surface area contributed by atoms with Crippen LogP contribution in [0.4, 0.5) is 4.79 Å². The second kappa shape index (κ2) is 15.3. The zero-order chi connectivity index (χ0) is 28.9. The zero-order valence-corrected chi connectivity index (χ0v) is 23.5. The standard InChI is InChI=1S/C33H38N2O5/c1-5-39-30(36)20-21-35(22-24(2)3)33(38)34-31(32(37)40-23-26-12-8-6-9-13-26)25(4)27-16-18-29(19-17-27)28-14-10-7-11-15-28/h6-19,24,31H,4-5,20-23H2,1-3H3,(H,34,38)/t31-/m0/s1. The van der Waals surface area contributed by atoms with Crippen LogP contribution < -0.4 is 5.32 Å². The summed E-state index contributed by atoms with van der Waals surface area (Å²) in [6.07, 6.45) is 0.0546. The van der Waals surface area contributed by atoms with Crippen LogP contribution in [-0.2, 0) is 25.7 Å². The van der Waals surface area contributed by atoms with E-state index in [2.05, 4.69) is 11.9 Å². The summed E-state index contributed by atoms with van der Waals surface area (Å²) >= 11 is 0. The van der Waals surface area contributed by atoms with E-state index in [1.54, 1.807) is 6.92 Å². The quantitative estimate of drug-likeness (QED) is 0.264. The second-order valence-corrected chi connectivity index (χ2v) is 9.84. The molecule has 0 aliphatic heterocycles. The molecule has 0 spiro atoms. The highest BCUT2D eigenvalue weighted by Gasteiger charge is 2.29. The van der Waals surface area contributed by atoms with Gasteiger partial charge in [-0.3, -0.25) is 4.79 Å². The van der Waals surface area contributed by atoms with E-state index in [0.717, 1.165) is 16.7 Å². The molecule has 0 fully saturated rings. The highest BCUT2D eigenvalue weighted by molar-refractivity contribution is 5.95. The summed E-state index contributed by atoms with van der Waals surface area (Å²) in [5.74, 6) is -0.861. The van der Waals surface area contributed by atoms with Crippen molar-refractivity contribution in [2.75, 3.05) is 19.7 Å². The Morgan fingerprint density at radius 3 is 2.05 bits per heavy atom. The van der Waals surface area contributed by atoms with Crippen molar-refractivity contribution < 1.29 is 23.9 Å². The number of hydrogen-bond acceptors (Lipinski definition) is 5. The van der Waals surface area contributed by atoms with Gasteiger partial charge in [-0.25, -0.2) is 9.59 Å². The third-order valence-corrected chi connectivity index (χ3v) is 6.20. The number of carbonyl (C=O) groups is 3. The number of nitrogens with one attached hydrogen (secondary N) is 1. The topological polar surface area (TPSA) is 84.9 Å². The van der Waals surface area contributed by atoms with Crippen LogP contribution in [0.3, 0.4) is 0 Å². The van der Waals surface area contributed by atoms with Gasteiger partial charge in [-0.1, -0.05) is 105 Å². The third-order valence-electron chi connectivity index (χ3n) is 6.20. The van der Waals surface area contributed by atoms with E-state index >= 15 is 0 Å². The number of rotatable bonds is 13. The molecule has 3 aromatic carbocycles. The zero-order valence-electron chi connectivity index (χ0n) is 23.5. The van der Waals surface area contributed by atoms with Gasteiger partial charge in [-0.2, -0.15) is 0 Å². The molecular weight excluding hydrogens is 504 g/mol. The summed E-state index contributed by atoms with van der Waals surface area (Å²) in [6, 6.07) is 25.3. The Morgan fingerprint density at radius 2 is 1.45 bits per heavy atom. The maximum absolute atomic E-state index is 13.4. The Balaban J connectivity index is 1.81. The van der Waals surface area contributed by atoms with Crippen LogP contribution in [0.15, 0.2) is 91.5 Å². The molecule has 2 amide bonds. The summed E-state index contributed by atoms with van der Waals surface area (Å²) in [6.45, 7) is 10.7. The predicted octanol–water partition coefficient (Wildman–Crippen LogP) is 6.10. The number of hydrogen-bond donors (Lipinski definition) is 1. The van der Waals surface area contributed by atoms with Crippen molar-refractivity contribution in [2.45, 2.75) is 39.8 Å². The van der Waals surface area contributed by atoms with Gasteiger partial charge in [-0.05, 0) is 40.7 Å². The lowest BCUT2D eigenvalue weighted by molar-refractivity contribution is -0.146. The van der Waals surface area contributed by atoms with Crippen LogP contribution in [0.5, 0.6) is 0 Å². The molecular formula is C33H38N2O5. The molecule has 0 aromatic heterocycles. The number of benzene rings is 3. The first kappa shape index (κ1) is 30.2. The molecule has 0 unspecified atom stereocenters. The minimum Gasteiger partial charge on any atom is -0.466 e. The van der Waals surface area contributed by atoms with Crippen LogP contribution in [0, 0.1) is 5.92 Å². The monoisotopic (exact) mass is 542 g/mol. The van der Waals surface area contributed by atoms with Crippen molar-refractivity contribution in [1.82, 2.24) is 10.2 Å². The van der Waals surface area contributed by atoms with E-state index in [1.165, 1.54) is 4.90 Å². The summed E-state index contributed by atoms with van der Waals surface area (Å²) in [5.41, 5.74) is 4.02. The number of carbonyl (C=O) groups excluding carboxylic acids is 3. The Bertz CT molecular complexity index is 1260. The smallest absolute Gasteiger partial charge is 0.333 e. The van der Waals surface area contributed by atoms with Crippen LogP contribution in [0.1, 0.15) is 38.3 Å². The molecule has 0 aliphatic carbocycles. The van der Waals surface area contributed by atoms with E-state index in [0.29, 0.717) is 17.7 Å². The molecule has 0 aliphatic rings. The third kappa shape index (κ3) is 9.12. The maximum Gasteiger partial charge on any atom is 0.333 e. The van der Waals surface area contributed by atoms with E-state index in [4.69, 9.17) is 9.47 Å². The average molecular weight is 543 g/mol. The molecule has 1 atom stereocenters. The Morgan fingerprint density at radius 1 is 0.850 bits per heavy atom. The summed E-state index contributed by atoms with van der Waals surface area (Å²) in [4.78, 5) is 40.3. The largest absolute Gasteiger partial charge is 0.466 e. The van der Waals surface area contributed by atoms with Gasteiger partial charge in [0.25, 0.3) is 0 Å². The number of nitrogens with zero attached hydrogens (tertiary/aromatic N) is 1. The van der Waals surface area contributed by atoms with E-state index < -0.39 is 18.0 Å². The van der Waals surface area contributed by atoms with Gasteiger partial charge >= 0.3 is 18.0 Å². The van der Waals surface area contributed by atoms with Gasteiger partial charge < -0.3 is 19.7 Å². The predicted molar refractivity (Wildman–Crippen MR) is 157 cm³/mol. The highest BCUT2D eigenvalue weighted by atomic mass is 16.5. The van der Waals surface area contributed by atoms with Gasteiger partial charge in [-0.15, -0.1) is 0 Å². The highest BCUT2D eigenvalue weighted by Crippen LogP contribution is 2.24. The molecule has 3 aromatic rings. The molecule has 210 valence electrons. The SMILES string of the molecule is C=C(c1ccc(-c2ccccc2)cc1)[C@H](NC(=O)N(CCC(=O)OCC)CC(C)C)C(=O)OCc1ccccc1. The average Bonchev–Trinajstić information content (AvgIpc) is 2.97. The fraction of sp³-hybridized carbons (Fsp3) is 0.303. The van der Waals surface area contributed by atoms with Crippen LogP contribution in [0.2, 0.25) is 0 Å². The van der Waals surface area contributed by atoms with Gasteiger partial charge in [0.1, 0.15) is 6.61 Å². The molecule has 0 radical (unpaired) electrons. The Hall–Kier alpha value is -4.39. The molecule has 3 rings (SSSR count). The lowest BCUT2D eigenvalue weighted by Gasteiger charge is -2.28. The Labute approximate surface area is 236 Å². The Kier molecular flexibility index (Phi) is 11.5. The molecule has 7 nitrogen and oxygen atoms in total. The lowest BCUT2D eigenvalue weighted by atomic mass is 9.97. The molecule has 0 bridgehead atoms. The van der Waals surface area contributed by atoms with E-state index in [-0.39, 0.29) is 38.1 Å². The summed E-state index contributed by atoms with van der Waals surface area (Å²) in [5, 5.41) is 2.82. The molecule has 0 heterocycles. The number of esters is 2. The van der Waals surface area contributed by atoms with Crippen molar-refractivity contribution in [3.05, 3.63) is 103 Å². The van der Waals surface area contributed by atoms with Gasteiger partial charge in [0.15, 0.2) is 6.04 Å². The van der Waals surface area contributed by atoms with Crippen molar-refractivity contribution in [2.24, 2.45) is 5.92 Å². The molecule has 0 saturated carbocycles. The first-order chi connectivity index (χ1) is 19.3. The first-order valence-electron chi connectivity index (χ1n) is 13.5. The molecule has 0 saturated heterocycles. The summed E-state index contributed by atoms with van der Waals surface area (Å²) in [7, 11) is 0. The summed E-state index contributed by atoms with van der Waals surface area (Å²) < 4.78 is 10.6. The molecule has 1 N–H and O–H groups in total. The number of urea groups is 1. The molecule has 7 heteroatoms. The van der Waals surface area contributed by atoms with E-state index in [9.17, 15) is 14.4 Å². The van der Waals surface area contributed by atoms with Gasteiger partial charge in [0.2, 0.25) is 0 Å².